The van der Waals surface area contributed by atoms with Crippen LogP contribution in [0.3, 0.4) is 0 Å². The summed E-state index contributed by atoms with van der Waals surface area (Å²) in [5, 5.41) is 3.71. The van der Waals surface area contributed by atoms with E-state index in [1.54, 1.807) is 0 Å². The fourth-order valence-corrected chi connectivity index (χ4v) is 3.25. The standard InChI is InChI=1S/C19H20ClNO/c1-13(15-10-9-14-6-4-7-16(14)11-15)21-19(22)12-17-5-2-3-8-18(17)20/h2-3,5,8-11,13H,4,6-7,12H2,1H3,(H,21,22). The lowest BCUT2D eigenvalue weighted by Crippen LogP contribution is -2.28. The Kier molecular flexibility index (Phi) is 4.49. The normalized spacial score (nSPS) is 14.5. The molecule has 2 aromatic carbocycles. The lowest BCUT2D eigenvalue weighted by Gasteiger charge is -2.16. The molecule has 1 aliphatic rings. The first-order valence-electron chi connectivity index (χ1n) is 7.78. The Morgan fingerprint density at radius 3 is 2.77 bits per heavy atom. The predicted molar refractivity (Wildman–Crippen MR) is 90.2 cm³/mol. The molecule has 0 radical (unpaired) electrons. The van der Waals surface area contributed by atoms with Crippen LogP contribution in [-0.4, -0.2) is 5.91 Å². The Hall–Kier alpha value is -1.80. The first-order valence-corrected chi connectivity index (χ1v) is 8.16. The molecule has 3 heteroatoms. The maximum Gasteiger partial charge on any atom is 0.224 e. The second-order valence-corrected chi connectivity index (χ2v) is 6.35. The number of rotatable bonds is 4. The molecule has 1 aliphatic carbocycles. The molecule has 1 unspecified atom stereocenters. The van der Waals surface area contributed by atoms with Crippen molar-refractivity contribution in [2.24, 2.45) is 0 Å². The molecule has 0 heterocycles. The van der Waals surface area contributed by atoms with Crippen LogP contribution in [0, 0.1) is 0 Å². The lowest BCUT2D eigenvalue weighted by molar-refractivity contribution is -0.121. The number of nitrogens with one attached hydrogen (secondary N) is 1. The van der Waals surface area contributed by atoms with E-state index >= 15 is 0 Å². The summed E-state index contributed by atoms with van der Waals surface area (Å²) in [5.74, 6) is 0.00102. The lowest BCUT2D eigenvalue weighted by atomic mass is 10.0. The summed E-state index contributed by atoms with van der Waals surface area (Å²) >= 11 is 6.11. The molecule has 0 saturated carbocycles. The number of carbonyl (C=O) groups is 1. The van der Waals surface area contributed by atoms with Crippen LogP contribution in [0.4, 0.5) is 0 Å². The van der Waals surface area contributed by atoms with Crippen LogP contribution in [0.2, 0.25) is 5.02 Å². The number of fused-ring (bicyclic) bond motifs is 1. The number of benzene rings is 2. The molecular formula is C19H20ClNO. The monoisotopic (exact) mass is 313 g/mol. The fraction of sp³-hybridized carbons (Fsp3) is 0.316. The largest absolute Gasteiger partial charge is 0.349 e. The van der Waals surface area contributed by atoms with Gasteiger partial charge in [-0.15, -0.1) is 0 Å². The highest BCUT2D eigenvalue weighted by molar-refractivity contribution is 6.31. The molecule has 22 heavy (non-hydrogen) atoms. The minimum atomic E-state index is 0.00102. The number of aryl methyl sites for hydroxylation is 2. The summed E-state index contributed by atoms with van der Waals surface area (Å²) in [6.45, 7) is 2.03. The van der Waals surface area contributed by atoms with Crippen molar-refractivity contribution >= 4 is 17.5 Å². The first-order chi connectivity index (χ1) is 10.6. The molecule has 0 spiro atoms. The fourth-order valence-electron chi connectivity index (χ4n) is 3.05. The Balaban J connectivity index is 1.65. The summed E-state index contributed by atoms with van der Waals surface area (Å²) in [7, 11) is 0. The van der Waals surface area contributed by atoms with E-state index in [2.05, 4.69) is 23.5 Å². The molecule has 2 aromatic rings. The highest BCUT2D eigenvalue weighted by Gasteiger charge is 2.15. The second-order valence-electron chi connectivity index (χ2n) is 5.94. The van der Waals surface area contributed by atoms with E-state index in [0.717, 1.165) is 12.0 Å². The third-order valence-corrected chi connectivity index (χ3v) is 4.68. The molecule has 114 valence electrons. The van der Waals surface area contributed by atoms with Crippen LogP contribution in [0.1, 0.15) is 41.6 Å². The molecule has 0 bridgehead atoms. The Bertz CT molecular complexity index is 696. The molecule has 0 aliphatic heterocycles. The van der Waals surface area contributed by atoms with Gasteiger partial charge in [-0.3, -0.25) is 4.79 Å². The zero-order valence-electron chi connectivity index (χ0n) is 12.7. The average Bonchev–Trinajstić information content (AvgIpc) is 2.97. The molecule has 1 atom stereocenters. The zero-order valence-corrected chi connectivity index (χ0v) is 13.5. The van der Waals surface area contributed by atoms with Crippen molar-refractivity contribution in [1.82, 2.24) is 5.32 Å². The van der Waals surface area contributed by atoms with Crippen LogP contribution in [0.5, 0.6) is 0 Å². The van der Waals surface area contributed by atoms with Crippen LogP contribution < -0.4 is 5.32 Å². The average molecular weight is 314 g/mol. The predicted octanol–water partition coefficient (Wildman–Crippen LogP) is 4.25. The summed E-state index contributed by atoms with van der Waals surface area (Å²) in [4.78, 5) is 12.2. The Morgan fingerprint density at radius 1 is 1.18 bits per heavy atom. The molecule has 1 N–H and O–H groups in total. The van der Waals surface area contributed by atoms with E-state index in [1.807, 2.05) is 31.2 Å². The quantitative estimate of drug-likeness (QED) is 0.898. The van der Waals surface area contributed by atoms with Crippen LogP contribution in [0.15, 0.2) is 42.5 Å². The van der Waals surface area contributed by atoms with Gasteiger partial charge in [-0.05, 0) is 54.5 Å². The summed E-state index contributed by atoms with van der Waals surface area (Å²) in [5.41, 5.74) is 4.93. The number of hydrogen-bond donors (Lipinski definition) is 1. The van der Waals surface area contributed by atoms with Gasteiger partial charge in [0.25, 0.3) is 0 Å². The number of amides is 1. The van der Waals surface area contributed by atoms with Crippen molar-refractivity contribution < 1.29 is 4.79 Å². The zero-order chi connectivity index (χ0) is 15.5. The van der Waals surface area contributed by atoms with E-state index in [4.69, 9.17) is 11.6 Å². The van der Waals surface area contributed by atoms with Crippen molar-refractivity contribution in [1.29, 1.82) is 0 Å². The SMILES string of the molecule is CC(NC(=O)Cc1ccccc1Cl)c1ccc2c(c1)CCC2. The maximum atomic E-state index is 12.2. The van der Waals surface area contributed by atoms with Gasteiger partial charge in [0.15, 0.2) is 0 Å². The van der Waals surface area contributed by atoms with E-state index in [1.165, 1.54) is 29.5 Å². The minimum absolute atomic E-state index is 0.00102. The topological polar surface area (TPSA) is 29.1 Å². The second kappa shape index (κ2) is 6.53. The van der Waals surface area contributed by atoms with Crippen LogP contribution in [-0.2, 0) is 24.1 Å². The Labute approximate surface area is 136 Å². The van der Waals surface area contributed by atoms with Gasteiger partial charge in [0.1, 0.15) is 0 Å². The molecule has 2 nitrogen and oxygen atoms in total. The minimum Gasteiger partial charge on any atom is -0.349 e. The van der Waals surface area contributed by atoms with Gasteiger partial charge in [0, 0.05) is 5.02 Å². The third-order valence-electron chi connectivity index (χ3n) is 4.31. The summed E-state index contributed by atoms with van der Waals surface area (Å²) in [6.07, 6.45) is 3.90. The van der Waals surface area contributed by atoms with E-state index in [9.17, 15) is 4.79 Å². The van der Waals surface area contributed by atoms with Crippen LogP contribution in [0.25, 0.3) is 0 Å². The molecular weight excluding hydrogens is 294 g/mol. The number of halogens is 1. The smallest absolute Gasteiger partial charge is 0.224 e. The van der Waals surface area contributed by atoms with E-state index in [-0.39, 0.29) is 11.9 Å². The van der Waals surface area contributed by atoms with Gasteiger partial charge in [0.05, 0.1) is 12.5 Å². The maximum absolute atomic E-state index is 12.2. The van der Waals surface area contributed by atoms with Crippen molar-refractivity contribution in [2.45, 2.75) is 38.6 Å². The highest BCUT2D eigenvalue weighted by Crippen LogP contribution is 2.25. The first kappa shape index (κ1) is 15.1. The third kappa shape index (κ3) is 3.33. The molecule has 1 amide bonds. The van der Waals surface area contributed by atoms with Crippen LogP contribution >= 0.6 is 11.6 Å². The van der Waals surface area contributed by atoms with Crippen molar-refractivity contribution in [3.63, 3.8) is 0 Å². The van der Waals surface area contributed by atoms with Gasteiger partial charge in [0.2, 0.25) is 5.91 Å². The van der Waals surface area contributed by atoms with Gasteiger partial charge in [-0.1, -0.05) is 48.0 Å². The van der Waals surface area contributed by atoms with E-state index < -0.39 is 0 Å². The molecule has 0 fully saturated rings. The van der Waals surface area contributed by atoms with Gasteiger partial charge < -0.3 is 5.32 Å². The number of hydrogen-bond acceptors (Lipinski definition) is 1. The van der Waals surface area contributed by atoms with E-state index in [0.29, 0.717) is 11.4 Å². The number of carbonyl (C=O) groups excluding carboxylic acids is 1. The highest BCUT2D eigenvalue weighted by atomic mass is 35.5. The Morgan fingerprint density at radius 2 is 1.95 bits per heavy atom. The summed E-state index contributed by atoms with van der Waals surface area (Å²) < 4.78 is 0. The van der Waals surface area contributed by atoms with Crippen molar-refractivity contribution in [3.05, 3.63) is 69.7 Å². The molecule has 3 rings (SSSR count). The van der Waals surface area contributed by atoms with Crippen molar-refractivity contribution in [2.75, 3.05) is 0 Å². The van der Waals surface area contributed by atoms with Crippen molar-refractivity contribution in [3.8, 4) is 0 Å². The summed E-state index contributed by atoms with van der Waals surface area (Å²) in [6, 6.07) is 14.1. The van der Waals surface area contributed by atoms with Gasteiger partial charge >= 0.3 is 0 Å². The molecule has 0 aromatic heterocycles. The molecule has 0 saturated heterocycles. The van der Waals surface area contributed by atoms with Gasteiger partial charge in [-0.25, -0.2) is 0 Å². The van der Waals surface area contributed by atoms with Gasteiger partial charge in [-0.2, -0.15) is 0 Å².